The molecule has 0 heterocycles. The van der Waals surface area contributed by atoms with Crippen LogP contribution in [0, 0.1) is 5.41 Å². The molecule has 1 saturated carbocycles. The molecule has 14 heavy (non-hydrogen) atoms. The Hall–Kier alpha value is -0.770. The summed E-state index contributed by atoms with van der Waals surface area (Å²) >= 11 is 0. The van der Waals surface area contributed by atoms with E-state index < -0.39 is 0 Å². The number of aliphatic imine (C=N–C) groups is 1. The molecular weight excluding hydrogens is 178 g/mol. The third-order valence-electron chi connectivity index (χ3n) is 3.11. The molecule has 1 aliphatic carbocycles. The molecule has 0 aliphatic heterocycles. The van der Waals surface area contributed by atoms with E-state index in [9.17, 15) is 0 Å². The van der Waals surface area contributed by atoms with Crippen molar-refractivity contribution in [1.82, 2.24) is 5.32 Å². The van der Waals surface area contributed by atoms with Crippen LogP contribution >= 0.6 is 0 Å². The number of ether oxygens (including phenoxy) is 1. The Balaban J connectivity index is 2.46. The van der Waals surface area contributed by atoms with E-state index in [2.05, 4.69) is 24.2 Å². The van der Waals surface area contributed by atoms with Crippen LogP contribution in [0.25, 0.3) is 0 Å². The van der Waals surface area contributed by atoms with Gasteiger partial charge in [0.05, 0.1) is 6.10 Å². The van der Waals surface area contributed by atoms with Crippen LogP contribution in [0.1, 0.15) is 27.2 Å². The van der Waals surface area contributed by atoms with Gasteiger partial charge in [0.25, 0.3) is 0 Å². The molecular formula is C10H21N3O. The van der Waals surface area contributed by atoms with Gasteiger partial charge in [0, 0.05) is 25.1 Å². The van der Waals surface area contributed by atoms with E-state index in [1.165, 1.54) is 0 Å². The first-order valence-corrected chi connectivity index (χ1v) is 5.12. The number of rotatable bonds is 3. The molecule has 82 valence electrons. The van der Waals surface area contributed by atoms with Crippen LogP contribution in [0.2, 0.25) is 0 Å². The molecule has 4 nitrogen and oxygen atoms in total. The molecule has 0 saturated heterocycles. The van der Waals surface area contributed by atoms with Gasteiger partial charge in [-0.25, -0.2) is 0 Å². The minimum Gasteiger partial charge on any atom is -0.378 e. The van der Waals surface area contributed by atoms with Gasteiger partial charge in [0.1, 0.15) is 0 Å². The van der Waals surface area contributed by atoms with Crippen LogP contribution in [-0.2, 0) is 4.74 Å². The lowest BCUT2D eigenvalue weighted by Crippen LogP contribution is -2.63. The topological polar surface area (TPSA) is 59.6 Å². The Labute approximate surface area is 85.9 Å². The second kappa shape index (κ2) is 4.17. The summed E-state index contributed by atoms with van der Waals surface area (Å²) in [6, 6.07) is 0.378. The number of guanidine groups is 1. The quantitative estimate of drug-likeness (QED) is 0.520. The SMILES string of the molecule is CCO[C@@H]1C[C@@H](NC(N)=NC)C1(C)C. The maximum absolute atomic E-state index is 5.62. The van der Waals surface area contributed by atoms with E-state index in [4.69, 9.17) is 10.5 Å². The third-order valence-corrected chi connectivity index (χ3v) is 3.11. The highest BCUT2D eigenvalue weighted by Gasteiger charge is 2.49. The van der Waals surface area contributed by atoms with Gasteiger partial charge >= 0.3 is 0 Å². The van der Waals surface area contributed by atoms with E-state index in [1.807, 2.05) is 6.92 Å². The number of nitrogens with two attached hydrogens (primary N) is 1. The van der Waals surface area contributed by atoms with Crippen molar-refractivity contribution in [3.8, 4) is 0 Å². The van der Waals surface area contributed by atoms with Crippen LogP contribution in [0.4, 0.5) is 0 Å². The molecule has 0 aromatic heterocycles. The fourth-order valence-electron chi connectivity index (χ4n) is 1.86. The molecule has 0 amide bonds. The summed E-state index contributed by atoms with van der Waals surface area (Å²) in [6.07, 6.45) is 1.35. The van der Waals surface area contributed by atoms with Crippen molar-refractivity contribution in [2.24, 2.45) is 16.1 Å². The predicted molar refractivity (Wildman–Crippen MR) is 58.3 cm³/mol. The number of hydrogen-bond acceptors (Lipinski definition) is 2. The monoisotopic (exact) mass is 199 g/mol. The van der Waals surface area contributed by atoms with Crippen molar-refractivity contribution in [3.63, 3.8) is 0 Å². The first-order chi connectivity index (χ1) is 6.52. The third kappa shape index (κ3) is 2.00. The van der Waals surface area contributed by atoms with E-state index >= 15 is 0 Å². The molecule has 0 bridgehead atoms. The maximum atomic E-state index is 5.62. The van der Waals surface area contributed by atoms with Gasteiger partial charge in [-0.05, 0) is 13.3 Å². The van der Waals surface area contributed by atoms with Gasteiger partial charge in [-0.15, -0.1) is 0 Å². The smallest absolute Gasteiger partial charge is 0.188 e. The van der Waals surface area contributed by atoms with E-state index in [1.54, 1.807) is 7.05 Å². The molecule has 2 atom stereocenters. The van der Waals surface area contributed by atoms with Gasteiger partial charge < -0.3 is 15.8 Å². The summed E-state index contributed by atoms with van der Waals surface area (Å²) in [5, 5.41) is 3.19. The molecule has 0 aromatic carbocycles. The van der Waals surface area contributed by atoms with Crippen molar-refractivity contribution in [3.05, 3.63) is 0 Å². The zero-order chi connectivity index (χ0) is 10.8. The summed E-state index contributed by atoms with van der Waals surface area (Å²) < 4.78 is 5.62. The van der Waals surface area contributed by atoms with Crippen molar-refractivity contribution in [2.45, 2.75) is 39.3 Å². The Morgan fingerprint density at radius 2 is 2.29 bits per heavy atom. The van der Waals surface area contributed by atoms with Crippen LogP contribution in [0.3, 0.4) is 0 Å². The van der Waals surface area contributed by atoms with Crippen molar-refractivity contribution in [1.29, 1.82) is 0 Å². The van der Waals surface area contributed by atoms with Crippen LogP contribution in [0.15, 0.2) is 4.99 Å². The average Bonchev–Trinajstić information content (AvgIpc) is 2.16. The van der Waals surface area contributed by atoms with Gasteiger partial charge in [0.2, 0.25) is 0 Å². The minimum absolute atomic E-state index is 0.144. The number of hydrogen-bond donors (Lipinski definition) is 2. The molecule has 0 aromatic rings. The first-order valence-electron chi connectivity index (χ1n) is 5.12. The molecule has 0 spiro atoms. The molecule has 1 aliphatic rings. The van der Waals surface area contributed by atoms with Crippen LogP contribution in [0.5, 0.6) is 0 Å². The molecule has 1 rings (SSSR count). The van der Waals surface area contributed by atoms with E-state index in [0.29, 0.717) is 18.1 Å². The molecule has 0 radical (unpaired) electrons. The minimum atomic E-state index is 0.144. The number of nitrogens with one attached hydrogen (secondary N) is 1. The predicted octanol–water partition coefficient (Wildman–Crippen LogP) is 0.724. The molecule has 3 N–H and O–H groups in total. The lowest BCUT2D eigenvalue weighted by Gasteiger charge is -2.51. The fourth-order valence-corrected chi connectivity index (χ4v) is 1.86. The first kappa shape index (κ1) is 11.3. The lowest BCUT2D eigenvalue weighted by atomic mass is 9.64. The summed E-state index contributed by atoms with van der Waals surface area (Å²) in [5.41, 5.74) is 5.77. The standard InChI is InChI=1S/C10H21N3O/c1-5-14-8-6-7(10(8,2)3)13-9(11)12-4/h7-8H,5-6H2,1-4H3,(H3,11,12,13)/t7-,8-/m1/s1. The highest BCUT2D eigenvalue weighted by Crippen LogP contribution is 2.42. The van der Waals surface area contributed by atoms with Crippen molar-refractivity contribution < 1.29 is 4.74 Å². The van der Waals surface area contributed by atoms with Gasteiger partial charge in [-0.2, -0.15) is 0 Å². The summed E-state index contributed by atoms with van der Waals surface area (Å²) in [6.45, 7) is 7.19. The highest BCUT2D eigenvalue weighted by atomic mass is 16.5. The fraction of sp³-hybridized carbons (Fsp3) is 0.900. The normalized spacial score (nSPS) is 31.0. The Morgan fingerprint density at radius 3 is 2.71 bits per heavy atom. The second-order valence-electron chi connectivity index (χ2n) is 4.31. The van der Waals surface area contributed by atoms with Crippen molar-refractivity contribution >= 4 is 5.96 Å². The average molecular weight is 199 g/mol. The molecule has 1 fully saturated rings. The maximum Gasteiger partial charge on any atom is 0.188 e. The lowest BCUT2D eigenvalue weighted by molar-refractivity contribution is -0.109. The summed E-state index contributed by atoms with van der Waals surface area (Å²) in [4.78, 5) is 3.89. The number of nitrogens with zero attached hydrogens (tertiary/aromatic N) is 1. The van der Waals surface area contributed by atoms with Crippen molar-refractivity contribution in [2.75, 3.05) is 13.7 Å². The molecule has 4 heteroatoms. The zero-order valence-corrected chi connectivity index (χ0v) is 9.50. The van der Waals surface area contributed by atoms with Crippen LogP contribution < -0.4 is 11.1 Å². The summed E-state index contributed by atoms with van der Waals surface area (Å²) in [7, 11) is 1.69. The molecule has 0 unspecified atom stereocenters. The van der Waals surface area contributed by atoms with Gasteiger partial charge in [0.15, 0.2) is 5.96 Å². The largest absolute Gasteiger partial charge is 0.378 e. The van der Waals surface area contributed by atoms with Gasteiger partial charge in [-0.1, -0.05) is 13.8 Å². The van der Waals surface area contributed by atoms with E-state index in [0.717, 1.165) is 13.0 Å². The Morgan fingerprint density at radius 1 is 1.64 bits per heavy atom. The second-order valence-corrected chi connectivity index (χ2v) is 4.31. The highest BCUT2D eigenvalue weighted by molar-refractivity contribution is 5.78. The zero-order valence-electron chi connectivity index (χ0n) is 9.50. The Kier molecular flexibility index (Phi) is 3.37. The van der Waals surface area contributed by atoms with Gasteiger partial charge in [-0.3, -0.25) is 4.99 Å². The summed E-state index contributed by atoms with van der Waals surface area (Å²) in [5.74, 6) is 0.512. The Bertz CT molecular complexity index is 225. The van der Waals surface area contributed by atoms with Crippen LogP contribution in [-0.4, -0.2) is 31.8 Å². The van der Waals surface area contributed by atoms with E-state index in [-0.39, 0.29) is 5.41 Å².